The summed E-state index contributed by atoms with van der Waals surface area (Å²) in [6, 6.07) is 20.0. The molecule has 8 nitrogen and oxygen atoms in total. The van der Waals surface area contributed by atoms with Crippen molar-refractivity contribution in [2.75, 3.05) is 19.1 Å². The van der Waals surface area contributed by atoms with E-state index in [1.54, 1.807) is 54.6 Å². The van der Waals surface area contributed by atoms with Crippen LogP contribution in [0, 0.1) is 0 Å². The number of carbonyl (C=O) groups is 4. The highest BCUT2D eigenvalue weighted by molar-refractivity contribution is 6.45. The molecule has 0 fully saturated rings. The highest BCUT2D eigenvalue weighted by Gasteiger charge is 2.39. The number of esters is 1. The van der Waals surface area contributed by atoms with Gasteiger partial charge in [-0.2, -0.15) is 0 Å². The molecule has 42 heavy (non-hydrogen) atoms. The number of Topliss-reactive ketones (excluding diaryl/α,β-unsaturated/α-hetero) is 1. The van der Waals surface area contributed by atoms with Gasteiger partial charge in [-0.25, -0.2) is 9.69 Å². The number of hydrogen-bond donors (Lipinski definition) is 0. The quantitative estimate of drug-likeness (QED) is 0.116. The molecule has 0 unspecified atom stereocenters. The average molecular weight is 625 g/mol. The van der Waals surface area contributed by atoms with E-state index < -0.39 is 29.7 Å². The average Bonchev–Trinajstić information content (AvgIpc) is 3.24. The third kappa shape index (κ3) is 5.32. The number of anilines is 1. The van der Waals surface area contributed by atoms with Crippen LogP contribution in [-0.2, 0) is 4.74 Å². The molecule has 0 saturated heterocycles. The predicted molar refractivity (Wildman–Crippen MR) is 158 cm³/mol. The molecular formula is C31H20Cl3NO7. The molecule has 2 amide bonds. The minimum atomic E-state index is -1.30. The van der Waals surface area contributed by atoms with E-state index in [2.05, 4.69) is 0 Å². The standard InChI is InChI=1S/C31H20Cl3NO7/c1-40-18-10-8-16(9-11-18)27(36)28(17-6-4-3-5-7-17)42-31(39)21-14-24(34)25(15-26(21)41-2)35-29(37)19-12-22(32)23(33)13-20(19)30(35)38/h3-15,28H,1-2H3/t28-/m1/s1. The zero-order chi connectivity index (χ0) is 30.1. The Morgan fingerprint density at radius 1 is 0.738 bits per heavy atom. The van der Waals surface area contributed by atoms with E-state index in [9.17, 15) is 19.2 Å². The van der Waals surface area contributed by atoms with Gasteiger partial charge in [0.05, 0.1) is 46.1 Å². The lowest BCUT2D eigenvalue weighted by molar-refractivity contribution is 0.0277. The van der Waals surface area contributed by atoms with Gasteiger partial charge in [-0.05, 0) is 42.5 Å². The summed E-state index contributed by atoms with van der Waals surface area (Å²) in [5, 5.41) is 0.0990. The van der Waals surface area contributed by atoms with Crippen LogP contribution in [0.25, 0.3) is 0 Å². The summed E-state index contributed by atoms with van der Waals surface area (Å²) < 4.78 is 16.3. The van der Waals surface area contributed by atoms with Crippen LogP contribution >= 0.6 is 34.8 Å². The summed E-state index contributed by atoms with van der Waals surface area (Å²) in [7, 11) is 2.80. The molecule has 212 valence electrons. The first kappa shape index (κ1) is 29.1. The number of carbonyl (C=O) groups excluding carboxylic acids is 4. The summed E-state index contributed by atoms with van der Waals surface area (Å²) in [6.07, 6.45) is -1.30. The molecule has 0 N–H and O–H groups in total. The predicted octanol–water partition coefficient (Wildman–Crippen LogP) is 7.25. The van der Waals surface area contributed by atoms with Gasteiger partial charge in [-0.3, -0.25) is 14.4 Å². The second-order valence-corrected chi connectivity index (χ2v) is 10.3. The largest absolute Gasteiger partial charge is 0.497 e. The van der Waals surface area contributed by atoms with Crippen LogP contribution < -0.4 is 14.4 Å². The molecule has 0 saturated carbocycles. The van der Waals surface area contributed by atoms with Crippen molar-refractivity contribution in [1.82, 2.24) is 0 Å². The summed E-state index contributed by atoms with van der Waals surface area (Å²) >= 11 is 18.6. The van der Waals surface area contributed by atoms with Gasteiger partial charge in [0.1, 0.15) is 17.1 Å². The van der Waals surface area contributed by atoms with Gasteiger partial charge < -0.3 is 14.2 Å². The van der Waals surface area contributed by atoms with Crippen molar-refractivity contribution >= 4 is 64.1 Å². The van der Waals surface area contributed by atoms with Crippen molar-refractivity contribution in [3.05, 3.63) is 122 Å². The van der Waals surface area contributed by atoms with Gasteiger partial charge in [0.2, 0.25) is 5.78 Å². The second kappa shape index (κ2) is 11.9. The summed E-state index contributed by atoms with van der Waals surface area (Å²) in [5.41, 5.74) is 0.682. The Kier molecular flexibility index (Phi) is 8.22. The highest BCUT2D eigenvalue weighted by atomic mass is 35.5. The van der Waals surface area contributed by atoms with Crippen molar-refractivity contribution < 1.29 is 33.4 Å². The van der Waals surface area contributed by atoms with Crippen LogP contribution in [0.5, 0.6) is 11.5 Å². The molecule has 11 heteroatoms. The number of rotatable bonds is 8. The maximum Gasteiger partial charge on any atom is 0.343 e. The van der Waals surface area contributed by atoms with Crippen LogP contribution in [0.2, 0.25) is 15.1 Å². The van der Waals surface area contributed by atoms with Crippen molar-refractivity contribution in [3.63, 3.8) is 0 Å². The van der Waals surface area contributed by atoms with Crippen LogP contribution in [0.3, 0.4) is 0 Å². The van der Waals surface area contributed by atoms with Gasteiger partial charge >= 0.3 is 5.97 Å². The molecule has 0 aliphatic carbocycles. The van der Waals surface area contributed by atoms with Gasteiger partial charge in [0.25, 0.3) is 11.8 Å². The number of benzene rings is 4. The smallest absolute Gasteiger partial charge is 0.343 e. The molecule has 1 aliphatic rings. The Labute approximate surface area is 255 Å². The van der Waals surface area contributed by atoms with Crippen LogP contribution in [0.1, 0.15) is 53.1 Å². The number of ketones is 1. The van der Waals surface area contributed by atoms with E-state index in [0.29, 0.717) is 16.9 Å². The number of ether oxygens (including phenoxy) is 3. The van der Waals surface area contributed by atoms with Gasteiger partial charge in [0.15, 0.2) is 6.10 Å². The van der Waals surface area contributed by atoms with Crippen LogP contribution in [-0.4, -0.2) is 37.8 Å². The molecule has 1 heterocycles. The van der Waals surface area contributed by atoms with Crippen molar-refractivity contribution in [2.45, 2.75) is 6.10 Å². The van der Waals surface area contributed by atoms with Gasteiger partial charge in [0, 0.05) is 17.2 Å². The Balaban J connectivity index is 1.49. The van der Waals surface area contributed by atoms with E-state index >= 15 is 0 Å². The second-order valence-electron chi connectivity index (χ2n) is 9.05. The van der Waals surface area contributed by atoms with E-state index in [4.69, 9.17) is 49.0 Å². The first-order valence-electron chi connectivity index (χ1n) is 12.3. The monoisotopic (exact) mass is 623 g/mol. The first-order chi connectivity index (χ1) is 20.1. The number of fused-ring (bicyclic) bond motifs is 1. The fourth-order valence-electron chi connectivity index (χ4n) is 4.47. The summed E-state index contributed by atoms with van der Waals surface area (Å²) in [6.45, 7) is 0. The molecule has 4 aromatic rings. The van der Waals surface area contributed by atoms with E-state index in [1.807, 2.05) is 0 Å². The zero-order valence-electron chi connectivity index (χ0n) is 22.0. The Morgan fingerprint density at radius 2 is 1.33 bits per heavy atom. The lowest BCUT2D eigenvalue weighted by atomic mass is 9.99. The molecule has 5 rings (SSSR count). The maximum atomic E-state index is 13.5. The van der Waals surface area contributed by atoms with Gasteiger partial charge in [-0.1, -0.05) is 65.1 Å². The Hall–Kier alpha value is -4.37. The minimum Gasteiger partial charge on any atom is -0.497 e. The number of amides is 2. The van der Waals surface area contributed by atoms with Crippen LogP contribution in [0.15, 0.2) is 78.9 Å². The van der Waals surface area contributed by atoms with Gasteiger partial charge in [-0.15, -0.1) is 0 Å². The number of halogens is 3. The van der Waals surface area contributed by atoms with E-state index in [1.165, 1.54) is 38.5 Å². The number of methoxy groups -OCH3 is 2. The molecule has 1 aliphatic heterocycles. The maximum absolute atomic E-state index is 13.5. The number of nitrogens with zero attached hydrogens (tertiary/aromatic N) is 1. The molecule has 1 atom stereocenters. The fraction of sp³-hybridized carbons (Fsp3) is 0.0968. The highest BCUT2D eigenvalue weighted by Crippen LogP contribution is 2.40. The first-order valence-corrected chi connectivity index (χ1v) is 13.5. The number of hydrogen-bond acceptors (Lipinski definition) is 7. The molecular weight excluding hydrogens is 605 g/mol. The lowest BCUT2D eigenvalue weighted by Crippen LogP contribution is -2.30. The zero-order valence-corrected chi connectivity index (χ0v) is 24.3. The van der Waals surface area contributed by atoms with Crippen molar-refractivity contribution in [3.8, 4) is 11.5 Å². The molecule has 0 aromatic heterocycles. The van der Waals surface area contributed by atoms with E-state index in [0.717, 1.165) is 4.90 Å². The number of imide groups is 1. The SMILES string of the molecule is COc1ccc(C(=O)[C@H](OC(=O)c2cc(Cl)c(N3C(=O)c4cc(Cl)c(Cl)cc4C3=O)cc2OC)c2ccccc2)cc1. The van der Waals surface area contributed by atoms with Crippen LogP contribution in [0.4, 0.5) is 5.69 Å². The summed E-state index contributed by atoms with van der Waals surface area (Å²) in [4.78, 5) is 54.2. The lowest BCUT2D eigenvalue weighted by Gasteiger charge is -2.20. The van der Waals surface area contributed by atoms with Crippen molar-refractivity contribution in [1.29, 1.82) is 0 Å². The summed E-state index contributed by atoms with van der Waals surface area (Å²) in [5.74, 6) is -2.23. The molecule has 0 bridgehead atoms. The fourth-order valence-corrected chi connectivity index (χ4v) is 5.05. The molecule has 0 radical (unpaired) electrons. The Bertz CT molecular complexity index is 1700. The van der Waals surface area contributed by atoms with Crippen molar-refractivity contribution in [2.24, 2.45) is 0 Å². The molecule has 0 spiro atoms. The third-order valence-electron chi connectivity index (χ3n) is 6.60. The normalized spacial score (nSPS) is 13.0. The third-order valence-corrected chi connectivity index (χ3v) is 7.62. The van der Waals surface area contributed by atoms with E-state index in [-0.39, 0.29) is 43.2 Å². The topological polar surface area (TPSA) is 99.2 Å². The molecule has 4 aromatic carbocycles. The minimum absolute atomic E-state index is 0.0302. The Morgan fingerprint density at radius 3 is 1.88 bits per heavy atom.